The number of methoxy groups -OCH3 is 1. The molecule has 0 saturated carbocycles. The van der Waals surface area contributed by atoms with Gasteiger partial charge in [0, 0.05) is 6.07 Å². The summed E-state index contributed by atoms with van der Waals surface area (Å²) < 4.78 is 41.8. The van der Waals surface area contributed by atoms with E-state index in [1.165, 1.54) is 37.4 Å². The molecule has 2 rings (SSSR count). The van der Waals surface area contributed by atoms with Crippen LogP contribution in [-0.2, 0) is 15.0 Å². The minimum absolute atomic E-state index is 0. The molecule has 2 aromatic rings. The van der Waals surface area contributed by atoms with Gasteiger partial charge in [0.05, 0.1) is 13.2 Å². The van der Waals surface area contributed by atoms with E-state index in [-0.39, 0.29) is 57.9 Å². The van der Waals surface area contributed by atoms with E-state index >= 15 is 0 Å². The van der Waals surface area contributed by atoms with Crippen LogP contribution >= 0.6 is 11.6 Å². The van der Waals surface area contributed by atoms with E-state index in [9.17, 15) is 18.0 Å². The van der Waals surface area contributed by atoms with Gasteiger partial charge in [0.15, 0.2) is 11.8 Å². The van der Waals surface area contributed by atoms with Crippen LogP contribution in [0, 0.1) is 0 Å². The minimum atomic E-state index is -4.78. The fourth-order valence-electron chi connectivity index (χ4n) is 1.90. The summed E-state index contributed by atoms with van der Waals surface area (Å²) in [5.41, 5.74) is -0.150. The Balaban J connectivity index is 0.00000450. The fraction of sp³-hybridized carbons (Fsp3) is 0.250. The molecule has 1 heterocycles. The average molecular weight is 467 g/mol. The summed E-state index contributed by atoms with van der Waals surface area (Å²) in [5, 5.41) is 1.97. The zero-order valence-corrected chi connectivity index (χ0v) is 20.0. The van der Waals surface area contributed by atoms with Gasteiger partial charge in [0.1, 0.15) is 16.7 Å². The molecule has 0 aliphatic carbocycles. The number of carbonyl (C=O) groups excluding carboxylic acids is 2. The molecule has 0 aliphatic heterocycles. The smallest absolute Gasteiger partial charge is 0.481 e. The van der Waals surface area contributed by atoms with Crippen molar-refractivity contribution < 1.29 is 61.2 Å². The van der Waals surface area contributed by atoms with E-state index in [0.29, 0.717) is 0 Å². The maximum Gasteiger partial charge on any atom is 1.00 e. The van der Waals surface area contributed by atoms with Crippen molar-refractivity contribution in [3.63, 3.8) is 0 Å². The Kier molecular flexibility index (Phi) is 9.78. The number of anilines is 1. The molecule has 0 fully saturated rings. The van der Waals surface area contributed by atoms with Gasteiger partial charge in [-0.2, -0.15) is 13.4 Å². The molecule has 0 radical (unpaired) electrons. The molecule has 1 aromatic heterocycles. The Bertz CT molecular complexity index is 1020. The monoisotopic (exact) mass is 466 g/mol. The second-order valence-corrected chi connectivity index (χ2v) is 7.13. The molecule has 156 valence electrons. The number of esters is 1. The summed E-state index contributed by atoms with van der Waals surface area (Å²) in [6.07, 6.45) is -0.433. The van der Waals surface area contributed by atoms with Crippen LogP contribution in [0.2, 0.25) is 5.15 Å². The van der Waals surface area contributed by atoms with Crippen molar-refractivity contribution in [2.24, 2.45) is 0 Å². The van der Waals surface area contributed by atoms with Gasteiger partial charge in [0.25, 0.3) is 0 Å². The number of nitrogens with zero attached hydrogens (tertiary/aromatic N) is 3. The predicted molar refractivity (Wildman–Crippen MR) is 103 cm³/mol. The van der Waals surface area contributed by atoms with Crippen LogP contribution in [-0.4, -0.2) is 43.6 Å². The molecule has 0 saturated heterocycles. The summed E-state index contributed by atoms with van der Waals surface area (Å²) >= 11 is 5.74. The molecule has 0 spiro atoms. The van der Waals surface area contributed by atoms with Gasteiger partial charge in [-0.15, -0.1) is 0 Å². The number of urea groups is 1. The number of benzene rings is 1. The van der Waals surface area contributed by atoms with E-state index in [1.807, 2.05) is 5.32 Å². The maximum absolute atomic E-state index is 12.1. The van der Waals surface area contributed by atoms with Crippen molar-refractivity contribution >= 4 is 39.9 Å². The van der Waals surface area contributed by atoms with Crippen molar-refractivity contribution in [3.05, 3.63) is 45.8 Å². The third kappa shape index (κ3) is 7.95. The van der Waals surface area contributed by atoms with Gasteiger partial charge >= 0.3 is 45.8 Å². The first-order chi connectivity index (χ1) is 13.6. The SMILES string of the molecule is COc1cc(Cl)nc(NC(=O)[N-]S(=O)(=O)Oc2ccccc2C(=O)OC(C)C)n1.[Na+]. The van der Waals surface area contributed by atoms with E-state index in [2.05, 4.69) is 14.7 Å². The number of halogens is 1. The van der Waals surface area contributed by atoms with Gasteiger partial charge in [-0.05, 0) is 26.0 Å². The zero-order valence-electron chi connectivity index (χ0n) is 16.4. The van der Waals surface area contributed by atoms with Gasteiger partial charge in [-0.25, -0.2) is 9.78 Å². The van der Waals surface area contributed by atoms with Gasteiger partial charge in [0.2, 0.25) is 5.88 Å². The Hall–Kier alpha value is -2.12. The molecule has 30 heavy (non-hydrogen) atoms. The standard InChI is InChI=1S/C16H17ClN4O7S.Na/c1-9(2)27-14(22)10-6-4-5-7-11(10)28-29(24,25)21-16(23)20-15-18-12(17)8-13(19-15)26-3;/h4-9H,1-3H3,(H2,18,19,20,21,23);/q;+1/p-1. The van der Waals surface area contributed by atoms with Crippen molar-refractivity contribution in [2.75, 3.05) is 12.4 Å². The Morgan fingerprint density at radius 2 is 1.87 bits per heavy atom. The van der Waals surface area contributed by atoms with E-state index in [4.69, 9.17) is 25.3 Å². The number of hydrogen-bond acceptors (Lipinski definition) is 9. The van der Waals surface area contributed by atoms with E-state index in [1.54, 1.807) is 13.8 Å². The quantitative estimate of drug-likeness (QED) is 0.336. The second kappa shape index (κ2) is 11.3. The van der Waals surface area contributed by atoms with Crippen LogP contribution < -0.4 is 43.8 Å². The molecular formula is C16H16ClN4NaO7S. The number of carbonyl (C=O) groups is 2. The molecule has 0 unspecified atom stereocenters. The third-order valence-electron chi connectivity index (χ3n) is 2.94. The van der Waals surface area contributed by atoms with Crippen LogP contribution in [0.4, 0.5) is 10.7 Å². The first kappa shape index (κ1) is 25.9. The van der Waals surface area contributed by atoms with E-state index < -0.39 is 28.4 Å². The van der Waals surface area contributed by atoms with Crippen molar-refractivity contribution in [2.45, 2.75) is 20.0 Å². The van der Waals surface area contributed by atoms with Gasteiger partial charge in [-0.1, -0.05) is 23.7 Å². The number of hydrogen-bond donors (Lipinski definition) is 1. The van der Waals surface area contributed by atoms with Crippen molar-refractivity contribution in [1.82, 2.24) is 9.97 Å². The molecule has 0 aliphatic rings. The molecule has 14 heteroatoms. The molecule has 0 bridgehead atoms. The third-order valence-corrected chi connectivity index (χ3v) is 3.91. The summed E-state index contributed by atoms with van der Waals surface area (Å²) in [5.74, 6) is -1.44. The summed E-state index contributed by atoms with van der Waals surface area (Å²) in [6.45, 7) is 3.26. The number of rotatable bonds is 7. The molecule has 1 N–H and O–H groups in total. The van der Waals surface area contributed by atoms with Crippen LogP contribution in [0.5, 0.6) is 11.6 Å². The minimum Gasteiger partial charge on any atom is -0.481 e. The predicted octanol–water partition coefficient (Wildman–Crippen LogP) is -0.0628. The molecular weight excluding hydrogens is 451 g/mol. The maximum atomic E-state index is 12.1. The molecule has 11 nitrogen and oxygen atoms in total. The summed E-state index contributed by atoms with van der Waals surface area (Å²) in [6, 6.07) is 5.38. The number of nitrogens with one attached hydrogen (secondary N) is 1. The second-order valence-electron chi connectivity index (χ2n) is 5.54. The topological polar surface area (TPSA) is 148 Å². The number of amides is 2. The average Bonchev–Trinajstić information content (AvgIpc) is 2.59. The van der Waals surface area contributed by atoms with Gasteiger partial charge in [-0.3, -0.25) is 9.52 Å². The Morgan fingerprint density at radius 1 is 1.20 bits per heavy atom. The Morgan fingerprint density at radius 3 is 2.50 bits per heavy atom. The van der Waals surface area contributed by atoms with Crippen LogP contribution in [0.15, 0.2) is 30.3 Å². The number of aromatic nitrogens is 2. The van der Waals surface area contributed by atoms with Crippen LogP contribution in [0.1, 0.15) is 24.2 Å². The first-order valence-electron chi connectivity index (χ1n) is 7.96. The van der Waals surface area contributed by atoms with Crippen LogP contribution in [0.3, 0.4) is 0 Å². The number of para-hydroxylation sites is 1. The van der Waals surface area contributed by atoms with Crippen LogP contribution in [0.25, 0.3) is 4.72 Å². The van der Waals surface area contributed by atoms with Crippen molar-refractivity contribution in [3.8, 4) is 11.6 Å². The molecule has 0 atom stereocenters. The fourth-order valence-corrected chi connectivity index (χ4v) is 2.73. The van der Waals surface area contributed by atoms with Gasteiger partial charge < -0.3 is 19.0 Å². The summed E-state index contributed by atoms with van der Waals surface area (Å²) in [4.78, 5) is 31.4. The largest absolute Gasteiger partial charge is 1.00 e. The van der Waals surface area contributed by atoms with E-state index in [0.717, 1.165) is 0 Å². The van der Waals surface area contributed by atoms with Crippen molar-refractivity contribution in [1.29, 1.82) is 0 Å². The normalized spacial score (nSPS) is 10.6. The zero-order chi connectivity index (χ0) is 21.6. The molecule has 2 amide bonds. The first-order valence-corrected chi connectivity index (χ1v) is 9.71. The number of ether oxygens (including phenoxy) is 2. The Labute approximate surface area is 200 Å². The summed E-state index contributed by atoms with van der Waals surface area (Å²) in [7, 11) is -3.46. The molecule has 1 aromatic carbocycles.